The van der Waals surface area contributed by atoms with Crippen LogP contribution >= 0.6 is 27.3 Å². The van der Waals surface area contributed by atoms with Crippen molar-refractivity contribution in [2.45, 2.75) is 24.9 Å². The number of aromatic nitrogens is 2. The molecule has 0 bridgehead atoms. The topological polar surface area (TPSA) is 74.8 Å². The number of halogens is 1. The maximum Gasteiger partial charge on any atom is 0.257 e. The lowest BCUT2D eigenvalue weighted by Gasteiger charge is -2.02. The number of hydrogen-bond donors (Lipinski definition) is 2. The van der Waals surface area contributed by atoms with Crippen molar-refractivity contribution in [2.24, 2.45) is 0 Å². The summed E-state index contributed by atoms with van der Waals surface area (Å²) < 4.78 is 27.4. The molecule has 0 aliphatic heterocycles. The first-order valence-electron chi connectivity index (χ1n) is 5.27. The summed E-state index contributed by atoms with van der Waals surface area (Å²) in [4.78, 5) is 7.70. The lowest BCUT2D eigenvalue weighted by atomic mass is 10.5. The van der Waals surface area contributed by atoms with Crippen LogP contribution in [0.5, 0.6) is 0 Å². The number of rotatable bonds is 5. The minimum atomic E-state index is -3.52. The number of aryl methyl sites for hydroxylation is 1. The van der Waals surface area contributed by atoms with Crippen LogP contribution in [0.2, 0.25) is 0 Å². The molecule has 0 amide bonds. The highest BCUT2D eigenvalue weighted by atomic mass is 79.9. The van der Waals surface area contributed by atoms with E-state index < -0.39 is 10.0 Å². The average Bonchev–Trinajstić information content (AvgIpc) is 2.95. The second-order valence-corrected chi connectivity index (χ2v) is 7.25. The fourth-order valence-electron chi connectivity index (χ4n) is 1.35. The van der Waals surface area contributed by atoms with Crippen LogP contribution in [0, 0.1) is 0 Å². The van der Waals surface area contributed by atoms with E-state index in [9.17, 15) is 8.42 Å². The van der Waals surface area contributed by atoms with Crippen molar-refractivity contribution < 1.29 is 8.42 Å². The van der Waals surface area contributed by atoms with Gasteiger partial charge in [0.1, 0.15) is 5.82 Å². The van der Waals surface area contributed by atoms with E-state index in [1.807, 2.05) is 18.4 Å². The molecule has 0 radical (unpaired) electrons. The van der Waals surface area contributed by atoms with Crippen LogP contribution in [0.1, 0.15) is 17.6 Å². The Balaban J connectivity index is 2.07. The van der Waals surface area contributed by atoms with Gasteiger partial charge in [-0.2, -0.15) is 0 Å². The summed E-state index contributed by atoms with van der Waals surface area (Å²) in [7, 11) is -3.52. The van der Waals surface area contributed by atoms with Gasteiger partial charge in [0.15, 0.2) is 5.03 Å². The molecule has 0 unspecified atom stereocenters. The van der Waals surface area contributed by atoms with Gasteiger partial charge in [0.25, 0.3) is 10.0 Å². The van der Waals surface area contributed by atoms with Crippen molar-refractivity contribution in [1.82, 2.24) is 14.7 Å². The number of nitrogens with one attached hydrogen (secondary N) is 2. The first kappa shape index (κ1) is 13.7. The molecular weight excluding hydrogens is 338 g/mol. The predicted molar refractivity (Wildman–Crippen MR) is 74.0 cm³/mol. The molecular formula is C10H12BrN3O2S2. The zero-order valence-electron chi connectivity index (χ0n) is 9.60. The molecule has 2 aromatic rings. The number of aromatic amines is 1. The molecule has 0 aliphatic carbocycles. The number of nitrogens with zero attached hydrogens (tertiary/aromatic N) is 1. The summed E-state index contributed by atoms with van der Waals surface area (Å²) in [5, 5.41) is 2.02. The fraction of sp³-hybridized carbons (Fsp3) is 0.300. The van der Waals surface area contributed by atoms with Crippen molar-refractivity contribution >= 4 is 37.3 Å². The van der Waals surface area contributed by atoms with Crippen LogP contribution in [0.3, 0.4) is 0 Å². The van der Waals surface area contributed by atoms with Crippen molar-refractivity contribution in [3.05, 3.63) is 32.8 Å². The summed E-state index contributed by atoms with van der Waals surface area (Å²) in [5.74, 6) is 0.661. The van der Waals surface area contributed by atoms with Crippen LogP contribution < -0.4 is 4.72 Å². The molecule has 18 heavy (non-hydrogen) atoms. The van der Waals surface area contributed by atoms with Gasteiger partial charge in [0, 0.05) is 27.7 Å². The molecule has 0 aromatic carbocycles. The quantitative estimate of drug-likeness (QED) is 0.869. The van der Waals surface area contributed by atoms with Gasteiger partial charge >= 0.3 is 0 Å². The third kappa shape index (κ3) is 3.19. The van der Waals surface area contributed by atoms with Crippen LogP contribution in [0.4, 0.5) is 0 Å². The molecule has 98 valence electrons. The molecule has 2 N–H and O–H groups in total. The second-order valence-electron chi connectivity index (χ2n) is 3.60. The van der Waals surface area contributed by atoms with Gasteiger partial charge in [-0.25, -0.2) is 18.1 Å². The minimum Gasteiger partial charge on any atom is -0.332 e. The van der Waals surface area contributed by atoms with Gasteiger partial charge in [-0.1, -0.05) is 6.92 Å². The minimum absolute atomic E-state index is 0.106. The number of hydrogen-bond acceptors (Lipinski definition) is 4. The Morgan fingerprint density at radius 3 is 2.89 bits per heavy atom. The molecule has 0 spiro atoms. The van der Waals surface area contributed by atoms with Crippen LogP contribution in [-0.4, -0.2) is 18.4 Å². The Kier molecular flexibility index (Phi) is 4.21. The van der Waals surface area contributed by atoms with Crippen LogP contribution in [0.15, 0.2) is 27.1 Å². The maximum atomic E-state index is 12.0. The Hall–Kier alpha value is -0.700. The lowest BCUT2D eigenvalue weighted by molar-refractivity contribution is 0.578. The molecule has 0 saturated heterocycles. The van der Waals surface area contributed by atoms with E-state index in [2.05, 4.69) is 30.6 Å². The monoisotopic (exact) mass is 349 g/mol. The number of imidazole rings is 1. The SMILES string of the molecule is CCc1ncc(S(=O)(=O)NCc2cc(Br)cs2)[nH]1. The summed E-state index contributed by atoms with van der Waals surface area (Å²) in [6.45, 7) is 2.19. The predicted octanol–water partition coefficient (Wildman–Crippen LogP) is 2.27. The third-order valence-corrected chi connectivity index (χ3v) is 5.30. The van der Waals surface area contributed by atoms with Crippen molar-refractivity contribution in [2.75, 3.05) is 0 Å². The molecule has 0 atom stereocenters. The van der Waals surface area contributed by atoms with E-state index in [0.717, 1.165) is 9.35 Å². The van der Waals surface area contributed by atoms with E-state index in [1.54, 1.807) is 0 Å². The van der Waals surface area contributed by atoms with E-state index in [1.165, 1.54) is 17.5 Å². The van der Waals surface area contributed by atoms with Crippen molar-refractivity contribution in [3.8, 4) is 0 Å². The van der Waals surface area contributed by atoms with Crippen molar-refractivity contribution in [3.63, 3.8) is 0 Å². The molecule has 5 nitrogen and oxygen atoms in total. The highest BCUT2D eigenvalue weighted by molar-refractivity contribution is 9.10. The first-order chi connectivity index (χ1) is 8.51. The van der Waals surface area contributed by atoms with E-state index >= 15 is 0 Å². The van der Waals surface area contributed by atoms with Crippen LogP contribution in [-0.2, 0) is 23.0 Å². The zero-order valence-corrected chi connectivity index (χ0v) is 12.8. The highest BCUT2D eigenvalue weighted by Crippen LogP contribution is 2.20. The number of thiophene rings is 1. The highest BCUT2D eigenvalue weighted by Gasteiger charge is 2.16. The molecule has 8 heteroatoms. The smallest absolute Gasteiger partial charge is 0.257 e. The zero-order chi connectivity index (χ0) is 13.2. The van der Waals surface area contributed by atoms with Gasteiger partial charge in [0.05, 0.1) is 6.20 Å². The van der Waals surface area contributed by atoms with Crippen molar-refractivity contribution in [1.29, 1.82) is 0 Å². The van der Waals surface area contributed by atoms with E-state index in [4.69, 9.17) is 0 Å². The number of H-pyrrole nitrogens is 1. The molecule has 2 aromatic heterocycles. The summed E-state index contributed by atoms with van der Waals surface area (Å²) in [6.07, 6.45) is 2.01. The standard InChI is InChI=1S/C10H12BrN3O2S2/c1-2-9-12-5-10(14-9)18(15,16)13-4-8-3-7(11)6-17-8/h3,5-6,13H,2,4H2,1H3,(H,12,14). The van der Waals surface area contributed by atoms with Gasteiger partial charge in [-0.15, -0.1) is 11.3 Å². The normalized spacial score (nSPS) is 11.9. The largest absolute Gasteiger partial charge is 0.332 e. The maximum absolute atomic E-state index is 12.0. The van der Waals surface area contributed by atoms with E-state index in [0.29, 0.717) is 12.2 Å². The molecule has 2 heterocycles. The molecule has 2 rings (SSSR count). The Morgan fingerprint density at radius 1 is 1.56 bits per heavy atom. The number of sulfonamides is 1. The molecule has 0 saturated carbocycles. The Labute approximate surface area is 118 Å². The van der Waals surface area contributed by atoms with Gasteiger partial charge in [-0.05, 0) is 22.0 Å². The first-order valence-corrected chi connectivity index (χ1v) is 8.43. The van der Waals surface area contributed by atoms with E-state index in [-0.39, 0.29) is 11.6 Å². The average molecular weight is 350 g/mol. The molecule has 0 aliphatic rings. The third-order valence-electron chi connectivity index (χ3n) is 2.29. The lowest BCUT2D eigenvalue weighted by Crippen LogP contribution is -2.23. The fourth-order valence-corrected chi connectivity index (χ4v) is 3.78. The van der Waals surface area contributed by atoms with Gasteiger partial charge in [0.2, 0.25) is 0 Å². The second kappa shape index (κ2) is 5.52. The summed E-state index contributed by atoms with van der Waals surface area (Å²) in [5.41, 5.74) is 0. The summed E-state index contributed by atoms with van der Waals surface area (Å²) in [6, 6.07) is 1.89. The van der Waals surface area contributed by atoms with Gasteiger partial charge in [-0.3, -0.25) is 0 Å². The van der Waals surface area contributed by atoms with Gasteiger partial charge < -0.3 is 4.98 Å². The molecule has 0 fully saturated rings. The van der Waals surface area contributed by atoms with Crippen LogP contribution in [0.25, 0.3) is 0 Å². The Bertz CT molecular complexity index is 633. The summed E-state index contributed by atoms with van der Waals surface area (Å²) >= 11 is 4.82. The Morgan fingerprint density at radius 2 is 2.33 bits per heavy atom.